The zero-order chi connectivity index (χ0) is 50.7. The Morgan fingerprint density at radius 2 is 1.26 bits per heavy atom. The van der Waals surface area contributed by atoms with E-state index in [-0.39, 0.29) is 55.0 Å². The van der Waals surface area contributed by atoms with Crippen LogP contribution in [0.25, 0.3) is 83.9 Å². The predicted octanol–water partition coefficient (Wildman–Crippen LogP) is 17.4. The number of pyridine rings is 1. The fraction of sp³-hybridized carbons (Fsp3) is 0.250. The SMILES string of the molecule is [2H]C([2H])([2H])c1cc(-c2ccc(C(C)(C)C)cc2)c(-n2c(-c3cc(C(C)C)cc(C(C)C)c3O)nc3c(-c4[c-]c(-c5cc(-c6ccc(C)cc6)ccn5)cc(C(C)(C)C)c4)cccc32)cc1-c1ccccc1.[Pt]. The second-order valence-corrected chi connectivity index (χ2v) is 21.1. The minimum absolute atomic E-state index is 0. The van der Waals surface area contributed by atoms with Crippen LogP contribution in [0.1, 0.15) is 119 Å². The van der Waals surface area contributed by atoms with Crippen LogP contribution in [0.2, 0.25) is 0 Å². The second-order valence-electron chi connectivity index (χ2n) is 21.1. The van der Waals surface area contributed by atoms with Crippen LogP contribution in [0, 0.1) is 19.8 Å². The molecule has 1 N–H and O–H groups in total. The molecule has 0 aliphatic heterocycles. The van der Waals surface area contributed by atoms with Gasteiger partial charge in [-0.3, -0.25) is 9.55 Å². The number of benzene rings is 7. The Morgan fingerprint density at radius 3 is 1.91 bits per heavy atom. The van der Waals surface area contributed by atoms with Gasteiger partial charge < -0.3 is 5.11 Å². The van der Waals surface area contributed by atoms with Gasteiger partial charge in [0.2, 0.25) is 0 Å². The molecule has 0 saturated heterocycles. The Bertz CT molecular complexity index is 3430. The van der Waals surface area contributed by atoms with Crippen molar-refractivity contribution in [3.63, 3.8) is 0 Å². The van der Waals surface area contributed by atoms with Crippen molar-refractivity contribution in [2.45, 2.75) is 106 Å². The number of hydrogen-bond donors (Lipinski definition) is 1. The molecule has 0 bridgehead atoms. The van der Waals surface area contributed by atoms with Crippen LogP contribution in [-0.4, -0.2) is 19.6 Å². The molecule has 0 atom stereocenters. The zero-order valence-electron chi connectivity index (χ0n) is 44.7. The Balaban J connectivity index is 0.00000693. The third-order valence-electron chi connectivity index (χ3n) is 13.3. The molecule has 9 aromatic rings. The Labute approximate surface area is 429 Å². The van der Waals surface area contributed by atoms with Crippen molar-refractivity contribution in [1.82, 2.24) is 14.5 Å². The standard InChI is InChI=1S/C64H64N3O.Pt/c1-39(2)47-35-53(40(3)4)61(68)56(36-47)62-66-60-52(48-32-49(34-51(33-48)64(10,11)12)57-37-46(29-30-65-57)43-23-21-41(5)22-24-43)19-16-20-58(60)67(62)59-38-54(44-17-14-13-15-18-44)42(6)31-55(59)45-25-27-50(28-26-45)63(7,8)9;/h13-31,33-40,68H,1-12H3;/q-1;/i6D3;. The van der Waals surface area contributed by atoms with Crippen LogP contribution in [0.15, 0.2) is 152 Å². The van der Waals surface area contributed by atoms with Crippen molar-refractivity contribution in [2.24, 2.45) is 0 Å². The van der Waals surface area contributed by atoms with Gasteiger partial charge in [-0.1, -0.05) is 189 Å². The summed E-state index contributed by atoms with van der Waals surface area (Å²) in [6.45, 7) is 21.4. The molecule has 0 spiro atoms. The number of phenols is 1. The van der Waals surface area contributed by atoms with Crippen LogP contribution < -0.4 is 0 Å². The molecule has 0 saturated carbocycles. The van der Waals surface area contributed by atoms with Gasteiger partial charge in [0.25, 0.3) is 0 Å². The molecule has 0 amide bonds. The smallest absolute Gasteiger partial charge is 0.148 e. The maximum absolute atomic E-state index is 12.5. The van der Waals surface area contributed by atoms with Gasteiger partial charge >= 0.3 is 0 Å². The van der Waals surface area contributed by atoms with E-state index in [1.807, 2.05) is 54.7 Å². The van der Waals surface area contributed by atoms with Crippen LogP contribution >= 0.6 is 0 Å². The van der Waals surface area contributed by atoms with Crippen molar-refractivity contribution < 1.29 is 30.3 Å². The third-order valence-corrected chi connectivity index (χ3v) is 13.3. The number of rotatable bonds is 9. The molecule has 0 aliphatic rings. The largest absolute Gasteiger partial charge is 0.507 e. The average molecular weight is 1090 g/mol. The van der Waals surface area contributed by atoms with Gasteiger partial charge in [0.1, 0.15) is 11.6 Å². The van der Waals surface area contributed by atoms with Gasteiger partial charge in [-0.2, -0.15) is 0 Å². The molecule has 0 aliphatic carbocycles. The molecule has 2 heterocycles. The Kier molecular flexibility index (Phi) is 12.6. The maximum atomic E-state index is 12.5. The molecule has 7 aromatic carbocycles. The van der Waals surface area contributed by atoms with Crippen LogP contribution in [0.5, 0.6) is 5.75 Å². The zero-order valence-corrected chi connectivity index (χ0v) is 44.0. The molecule has 5 heteroatoms. The van der Waals surface area contributed by atoms with E-state index in [1.54, 1.807) is 0 Å². The first-order valence-electron chi connectivity index (χ1n) is 25.4. The van der Waals surface area contributed by atoms with E-state index in [0.717, 1.165) is 78.1 Å². The fourth-order valence-corrected chi connectivity index (χ4v) is 9.17. The molecule has 352 valence electrons. The maximum Gasteiger partial charge on any atom is 0.148 e. The summed E-state index contributed by atoms with van der Waals surface area (Å²) in [5.74, 6) is 0.894. The minimum Gasteiger partial charge on any atom is -0.507 e. The molecule has 4 nitrogen and oxygen atoms in total. The van der Waals surface area contributed by atoms with Gasteiger partial charge in [0.05, 0.1) is 22.3 Å². The van der Waals surface area contributed by atoms with Crippen LogP contribution in [-0.2, 0) is 31.9 Å². The number of imidazole rings is 1. The molecule has 69 heavy (non-hydrogen) atoms. The van der Waals surface area contributed by atoms with E-state index in [4.69, 9.17) is 14.1 Å². The van der Waals surface area contributed by atoms with Gasteiger partial charge in [-0.15, -0.1) is 29.3 Å². The summed E-state index contributed by atoms with van der Waals surface area (Å²) < 4.78 is 29.0. The van der Waals surface area contributed by atoms with Gasteiger partial charge in [0, 0.05) is 42.6 Å². The summed E-state index contributed by atoms with van der Waals surface area (Å²) in [7, 11) is 0. The van der Waals surface area contributed by atoms with Crippen molar-refractivity contribution >= 4 is 11.0 Å². The quantitative estimate of drug-likeness (QED) is 0.147. The normalized spacial score (nSPS) is 12.8. The third kappa shape index (κ3) is 9.79. The van der Waals surface area contributed by atoms with Gasteiger partial charge in [-0.05, 0) is 117 Å². The van der Waals surface area contributed by atoms with Crippen LogP contribution in [0.3, 0.4) is 0 Å². The average Bonchev–Trinajstić information content (AvgIpc) is 3.72. The molecule has 0 unspecified atom stereocenters. The molecule has 9 rings (SSSR count). The molecular formula is C64H64N3OPt-. The number of aromatic hydroxyl groups is 1. The summed E-state index contributed by atoms with van der Waals surface area (Å²) in [6.07, 6.45) is 1.87. The van der Waals surface area contributed by atoms with E-state index in [2.05, 4.69) is 184 Å². The van der Waals surface area contributed by atoms with Crippen molar-refractivity contribution in [2.75, 3.05) is 0 Å². The predicted molar refractivity (Wildman–Crippen MR) is 287 cm³/mol. The van der Waals surface area contributed by atoms with Crippen molar-refractivity contribution in [1.29, 1.82) is 0 Å². The molecule has 2 aromatic heterocycles. The van der Waals surface area contributed by atoms with E-state index >= 15 is 0 Å². The second kappa shape index (κ2) is 19.2. The van der Waals surface area contributed by atoms with Crippen molar-refractivity contribution in [3.05, 3.63) is 191 Å². The van der Waals surface area contributed by atoms with E-state index < -0.39 is 6.85 Å². The first kappa shape index (κ1) is 45.1. The fourth-order valence-electron chi connectivity index (χ4n) is 9.17. The topological polar surface area (TPSA) is 50.9 Å². The number of phenolic OH excluding ortho intramolecular Hbond substituents is 1. The summed E-state index contributed by atoms with van der Waals surface area (Å²) in [5, 5.41) is 12.5. The number of hydrogen-bond acceptors (Lipinski definition) is 3. The Hall–Kier alpha value is -6.35. The van der Waals surface area contributed by atoms with E-state index in [9.17, 15) is 5.11 Å². The number of para-hydroxylation sites is 1. The number of aromatic nitrogens is 3. The number of nitrogens with zero attached hydrogens (tertiary/aromatic N) is 3. The first-order valence-corrected chi connectivity index (χ1v) is 23.9. The summed E-state index contributed by atoms with van der Waals surface area (Å²) in [6, 6.07) is 53.5. The summed E-state index contributed by atoms with van der Waals surface area (Å²) in [4.78, 5) is 10.6. The van der Waals surface area contributed by atoms with Crippen molar-refractivity contribution in [3.8, 4) is 78.6 Å². The van der Waals surface area contributed by atoms with E-state index in [0.29, 0.717) is 22.5 Å². The van der Waals surface area contributed by atoms with Crippen LogP contribution in [0.4, 0.5) is 0 Å². The monoisotopic (exact) mass is 1090 g/mol. The molecule has 0 fully saturated rings. The Morgan fingerprint density at radius 1 is 0.594 bits per heavy atom. The summed E-state index contributed by atoms with van der Waals surface area (Å²) in [5.41, 5.74) is 16.8. The minimum atomic E-state index is -2.44. The first-order chi connectivity index (χ1) is 33.6. The van der Waals surface area contributed by atoms with E-state index in [1.165, 1.54) is 11.1 Å². The number of aryl methyl sites for hydroxylation is 2. The number of fused-ring (bicyclic) bond motifs is 1. The molecule has 0 radical (unpaired) electrons. The molecular weight excluding hydrogens is 1020 g/mol. The van der Waals surface area contributed by atoms with Gasteiger partial charge in [-0.25, -0.2) is 4.98 Å². The summed E-state index contributed by atoms with van der Waals surface area (Å²) >= 11 is 0. The van der Waals surface area contributed by atoms with Gasteiger partial charge in [0.15, 0.2) is 0 Å².